The summed E-state index contributed by atoms with van der Waals surface area (Å²) in [5.74, 6) is -0.958. The highest BCUT2D eigenvalue weighted by Crippen LogP contribution is 2.13. The number of allylic oxidation sites excluding steroid dienone is 18. The van der Waals surface area contributed by atoms with Gasteiger partial charge in [0.1, 0.15) is 13.2 Å². The number of unbranched alkanes of at least 4 members (excludes halogenated alkanes) is 16. The zero-order chi connectivity index (χ0) is 46.5. The van der Waals surface area contributed by atoms with E-state index in [1.165, 1.54) is 38.5 Å². The van der Waals surface area contributed by atoms with E-state index >= 15 is 0 Å². The van der Waals surface area contributed by atoms with Crippen LogP contribution in [0, 0.1) is 0 Å². The van der Waals surface area contributed by atoms with Crippen molar-refractivity contribution in [3.8, 4) is 0 Å². The summed E-state index contributed by atoms with van der Waals surface area (Å²) in [7, 11) is 0. The van der Waals surface area contributed by atoms with Crippen molar-refractivity contribution in [3.05, 3.63) is 109 Å². The molecular formula is C58H94O6. The lowest BCUT2D eigenvalue weighted by Crippen LogP contribution is -2.30. The minimum Gasteiger partial charge on any atom is -0.462 e. The summed E-state index contributed by atoms with van der Waals surface area (Å²) in [6.07, 6.45) is 69.4. The average molecular weight is 887 g/mol. The summed E-state index contributed by atoms with van der Waals surface area (Å²) < 4.78 is 16.7. The molecule has 0 amide bonds. The van der Waals surface area contributed by atoms with Gasteiger partial charge in [0.25, 0.3) is 0 Å². The third kappa shape index (κ3) is 49.1. The molecule has 0 aliphatic rings. The maximum absolute atomic E-state index is 12.8. The standard InChI is InChI=1S/C58H94O6/c1-4-7-10-13-16-19-22-24-25-26-27-28-29-30-31-32-33-35-36-39-42-45-48-51-57(60)63-54-55(53-62-56(59)50-47-44-41-38-21-18-15-12-9-6-3)64-58(61)52-49-46-43-40-37-34-23-20-17-14-11-8-5-2/h7-8,10-12,15-17,19-20,24-25,27-28,30-31,34,37,55H,4-6,9,13-14,18,21-23,26,29,32-33,35-36,38-54H2,1-3H3/b10-7-,11-8-,15-12-,19-16-,20-17-,25-24-,28-27-,31-30-,37-34-. The van der Waals surface area contributed by atoms with Crippen LogP contribution in [0.3, 0.4) is 0 Å². The summed E-state index contributed by atoms with van der Waals surface area (Å²) >= 11 is 0. The highest BCUT2D eigenvalue weighted by atomic mass is 16.6. The molecule has 0 rings (SSSR count). The number of hydrogen-bond acceptors (Lipinski definition) is 6. The van der Waals surface area contributed by atoms with Gasteiger partial charge in [-0.05, 0) is 116 Å². The van der Waals surface area contributed by atoms with Crippen LogP contribution >= 0.6 is 0 Å². The van der Waals surface area contributed by atoms with Gasteiger partial charge in [-0.25, -0.2) is 0 Å². The third-order valence-corrected chi connectivity index (χ3v) is 10.5. The van der Waals surface area contributed by atoms with Crippen molar-refractivity contribution in [1.29, 1.82) is 0 Å². The lowest BCUT2D eigenvalue weighted by atomic mass is 10.1. The topological polar surface area (TPSA) is 78.9 Å². The molecule has 0 heterocycles. The zero-order valence-electron chi connectivity index (χ0n) is 41.3. The number of esters is 3. The Morgan fingerprint density at radius 1 is 0.328 bits per heavy atom. The lowest BCUT2D eigenvalue weighted by Gasteiger charge is -2.18. The van der Waals surface area contributed by atoms with Crippen molar-refractivity contribution in [1.82, 2.24) is 0 Å². The Bertz CT molecular complexity index is 1340. The van der Waals surface area contributed by atoms with E-state index in [9.17, 15) is 14.4 Å². The molecule has 0 N–H and O–H groups in total. The molecule has 1 unspecified atom stereocenters. The minimum atomic E-state index is -0.802. The van der Waals surface area contributed by atoms with Crippen LogP contribution in [0.15, 0.2) is 109 Å². The van der Waals surface area contributed by atoms with E-state index in [-0.39, 0.29) is 37.5 Å². The van der Waals surface area contributed by atoms with E-state index in [0.29, 0.717) is 12.8 Å². The van der Waals surface area contributed by atoms with Crippen LogP contribution in [0.25, 0.3) is 0 Å². The Labute approximate surface area is 393 Å². The molecule has 0 aliphatic carbocycles. The molecule has 64 heavy (non-hydrogen) atoms. The zero-order valence-corrected chi connectivity index (χ0v) is 41.3. The molecule has 0 radical (unpaired) electrons. The van der Waals surface area contributed by atoms with Gasteiger partial charge in [-0.15, -0.1) is 0 Å². The van der Waals surface area contributed by atoms with Gasteiger partial charge in [0.2, 0.25) is 0 Å². The van der Waals surface area contributed by atoms with Crippen LogP contribution in [-0.4, -0.2) is 37.2 Å². The van der Waals surface area contributed by atoms with Crippen LogP contribution in [-0.2, 0) is 28.6 Å². The molecule has 0 saturated heterocycles. The van der Waals surface area contributed by atoms with E-state index in [2.05, 4.69) is 130 Å². The van der Waals surface area contributed by atoms with Crippen molar-refractivity contribution >= 4 is 17.9 Å². The molecule has 1 atom stereocenters. The molecule has 0 aromatic rings. The first-order chi connectivity index (χ1) is 31.5. The molecule has 6 heteroatoms. The Kier molecular flexibility index (Phi) is 48.5. The predicted molar refractivity (Wildman–Crippen MR) is 274 cm³/mol. The summed E-state index contributed by atoms with van der Waals surface area (Å²) in [4.78, 5) is 37.9. The fourth-order valence-electron chi connectivity index (χ4n) is 6.66. The predicted octanol–water partition coefficient (Wildman–Crippen LogP) is 17.1. The van der Waals surface area contributed by atoms with Crippen molar-refractivity contribution in [2.45, 2.75) is 226 Å². The molecular weight excluding hydrogens is 793 g/mol. The van der Waals surface area contributed by atoms with Gasteiger partial charge in [0.15, 0.2) is 6.10 Å². The summed E-state index contributed by atoms with van der Waals surface area (Å²) in [6.45, 7) is 6.29. The molecule has 0 aromatic carbocycles. The van der Waals surface area contributed by atoms with Gasteiger partial charge in [-0.1, -0.05) is 194 Å². The molecule has 0 bridgehead atoms. The second kappa shape index (κ2) is 51.7. The third-order valence-electron chi connectivity index (χ3n) is 10.5. The molecule has 0 saturated carbocycles. The Hall–Kier alpha value is -3.93. The Morgan fingerprint density at radius 3 is 0.984 bits per heavy atom. The fourth-order valence-corrected chi connectivity index (χ4v) is 6.66. The molecule has 0 spiro atoms. The maximum Gasteiger partial charge on any atom is 0.306 e. The largest absolute Gasteiger partial charge is 0.462 e. The molecule has 362 valence electrons. The van der Waals surface area contributed by atoms with Crippen molar-refractivity contribution in [2.75, 3.05) is 13.2 Å². The van der Waals surface area contributed by atoms with E-state index < -0.39 is 6.10 Å². The summed E-state index contributed by atoms with van der Waals surface area (Å²) in [6, 6.07) is 0. The van der Waals surface area contributed by atoms with E-state index in [1.54, 1.807) is 0 Å². The first-order valence-electron chi connectivity index (χ1n) is 25.9. The average Bonchev–Trinajstić information content (AvgIpc) is 3.29. The highest BCUT2D eigenvalue weighted by Gasteiger charge is 2.19. The number of carbonyl (C=O) groups excluding carboxylic acids is 3. The summed E-state index contributed by atoms with van der Waals surface area (Å²) in [5.41, 5.74) is 0. The van der Waals surface area contributed by atoms with Gasteiger partial charge < -0.3 is 14.2 Å². The molecule has 0 aromatic heterocycles. The van der Waals surface area contributed by atoms with Gasteiger partial charge >= 0.3 is 17.9 Å². The molecule has 0 aliphatic heterocycles. The molecule has 0 fully saturated rings. The smallest absolute Gasteiger partial charge is 0.306 e. The van der Waals surface area contributed by atoms with Gasteiger partial charge in [-0.2, -0.15) is 0 Å². The second-order valence-corrected chi connectivity index (χ2v) is 16.7. The second-order valence-electron chi connectivity index (χ2n) is 16.7. The van der Waals surface area contributed by atoms with Crippen LogP contribution in [0.1, 0.15) is 220 Å². The summed E-state index contributed by atoms with van der Waals surface area (Å²) in [5, 5.41) is 0. The number of rotatable bonds is 45. The van der Waals surface area contributed by atoms with Crippen LogP contribution in [0.5, 0.6) is 0 Å². The first-order valence-corrected chi connectivity index (χ1v) is 25.9. The van der Waals surface area contributed by atoms with Gasteiger partial charge in [-0.3, -0.25) is 14.4 Å². The van der Waals surface area contributed by atoms with E-state index in [4.69, 9.17) is 14.2 Å². The van der Waals surface area contributed by atoms with Crippen LogP contribution in [0.4, 0.5) is 0 Å². The minimum absolute atomic E-state index is 0.100. The first kappa shape index (κ1) is 60.1. The molecule has 6 nitrogen and oxygen atoms in total. The van der Waals surface area contributed by atoms with Crippen molar-refractivity contribution in [2.24, 2.45) is 0 Å². The number of hydrogen-bond donors (Lipinski definition) is 0. The Balaban J connectivity index is 4.36. The van der Waals surface area contributed by atoms with Crippen molar-refractivity contribution < 1.29 is 28.6 Å². The van der Waals surface area contributed by atoms with Crippen LogP contribution in [0.2, 0.25) is 0 Å². The van der Waals surface area contributed by atoms with Gasteiger partial charge in [0.05, 0.1) is 0 Å². The number of carbonyl (C=O) groups is 3. The Morgan fingerprint density at radius 2 is 0.609 bits per heavy atom. The van der Waals surface area contributed by atoms with E-state index in [0.717, 1.165) is 141 Å². The lowest BCUT2D eigenvalue weighted by molar-refractivity contribution is -0.167. The monoisotopic (exact) mass is 887 g/mol. The van der Waals surface area contributed by atoms with E-state index in [1.807, 2.05) is 0 Å². The normalized spacial score (nSPS) is 13.0. The SMILES string of the molecule is CC/C=C\C/C=C\C/C=C\C/C=C\C/C=C\CCCCCCCCCC(=O)OCC(COC(=O)CCCCCCC/C=C\CCC)OC(=O)CCCCC/C=C\C/C=C\C/C=C\CC. The van der Waals surface area contributed by atoms with Gasteiger partial charge in [0, 0.05) is 19.3 Å². The van der Waals surface area contributed by atoms with Crippen molar-refractivity contribution in [3.63, 3.8) is 0 Å². The maximum atomic E-state index is 12.8. The quantitative estimate of drug-likeness (QED) is 0.0262. The number of ether oxygens (including phenoxy) is 3. The van der Waals surface area contributed by atoms with Crippen LogP contribution < -0.4 is 0 Å². The fraction of sp³-hybridized carbons (Fsp3) is 0.638. The highest BCUT2D eigenvalue weighted by molar-refractivity contribution is 5.71.